The molecule has 3 nitrogen and oxygen atoms in total. The van der Waals surface area contributed by atoms with E-state index < -0.39 is 6.36 Å². The van der Waals surface area contributed by atoms with Crippen LogP contribution in [0.5, 0.6) is 5.75 Å². The molecule has 2 N–H and O–H groups in total. The zero-order chi connectivity index (χ0) is 10.6. The third-order valence-electron chi connectivity index (χ3n) is 1.37. The van der Waals surface area contributed by atoms with Crippen molar-refractivity contribution in [2.45, 2.75) is 6.36 Å². The molecular formula is C8H9F3N2O. The Morgan fingerprint density at radius 2 is 1.86 bits per heavy atom. The summed E-state index contributed by atoms with van der Waals surface area (Å²) in [5.41, 5.74) is 5.27. The van der Waals surface area contributed by atoms with E-state index in [1.807, 2.05) is 0 Å². The zero-order valence-corrected chi connectivity index (χ0v) is 7.35. The minimum Gasteiger partial charge on any atom is -0.404 e. The average molecular weight is 206 g/mol. The number of hydrazine groups is 1. The predicted molar refractivity (Wildman–Crippen MR) is 45.8 cm³/mol. The van der Waals surface area contributed by atoms with Crippen LogP contribution in [0, 0.1) is 0 Å². The summed E-state index contributed by atoms with van der Waals surface area (Å²) in [6, 6.07) is 5.76. The number of hydrogen-bond acceptors (Lipinski definition) is 3. The molecule has 1 aromatic carbocycles. The minimum atomic E-state index is -4.68. The van der Waals surface area contributed by atoms with Gasteiger partial charge in [-0.2, -0.15) is 0 Å². The third kappa shape index (κ3) is 3.14. The Morgan fingerprint density at radius 3 is 2.43 bits per heavy atom. The second-order valence-electron chi connectivity index (χ2n) is 2.42. The van der Waals surface area contributed by atoms with Crippen LogP contribution in [0.1, 0.15) is 0 Å². The van der Waals surface area contributed by atoms with Crippen LogP contribution in [-0.2, 0) is 0 Å². The van der Waals surface area contributed by atoms with Gasteiger partial charge in [-0.1, -0.05) is 12.1 Å². The maximum atomic E-state index is 11.9. The van der Waals surface area contributed by atoms with Gasteiger partial charge in [0.25, 0.3) is 0 Å². The van der Waals surface area contributed by atoms with Crippen LogP contribution in [-0.4, -0.2) is 13.4 Å². The van der Waals surface area contributed by atoms with E-state index in [-0.39, 0.29) is 11.4 Å². The largest absolute Gasteiger partial charge is 0.573 e. The summed E-state index contributed by atoms with van der Waals surface area (Å²) in [5, 5.41) is 0. The van der Waals surface area contributed by atoms with E-state index in [2.05, 4.69) is 15.6 Å². The Kier molecular flexibility index (Phi) is 3.19. The van der Waals surface area contributed by atoms with E-state index in [4.69, 9.17) is 0 Å². The van der Waals surface area contributed by atoms with Crippen LogP contribution in [0.2, 0.25) is 0 Å². The molecule has 0 atom stereocenters. The van der Waals surface area contributed by atoms with Crippen molar-refractivity contribution in [1.82, 2.24) is 5.43 Å². The molecule has 1 aromatic rings. The van der Waals surface area contributed by atoms with Gasteiger partial charge < -0.3 is 10.2 Å². The summed E-state index contributed by atoms with van der Waals surface area (Å²) in [7, 11) is 1.55. The van der Waals surface area contributed by atoms with Crippen molar-refractivity contribution >= 4 is 5.69 Å². The highest BCUT2D eigenvalue weighted by Gasteiger charge is 2.31. The van der Waals surface area contributed by atoms with Gasteiger partial charge in [0.15, 0.2) is 5.75 Å². The van der Waals surface area contributed by atoms with Crippen LogP contribution in [0.3, 0.4) is 0 Å². The van der Waals surface area contributed by atoms with Crippen molar-refractivity contribution in [3.8, 4) is 5.75 Å². The summed E-state index contributed by atoms with van der Waals surface area (Å²) in [5.74, 6) is -0.269. The number of nitrogens with one attached hydrogen (secondary N) is 2. The highest BCUT2D eigenvalue weighted by molar-refractivity contribution is 5.55. The Morgan fingerprint density at radius 1 is 1.21 bits per heavy atom. The van der Waals surface area contributed by atoms with Crippen molar-refractivity contribution in [2.24, 2.45) is 0 Å². The Bertz CT molecular complexity index is 301. The number of halogens is 3. The molecule has 0 amide bonds. The molecule has 78 valence electrons. The van der Waals surface area contributed by atoms with E-state index in [1.165, 1.54) is 18.2 Å². The number of benzene rings is 1. The Hall–Kier alpha value is -1.43. The lowest BCUT2D eigenvalue weighted by molar-refractivity contribution is -0.274. The van der Waals surface area contributed by atoms with Crippen molar-refractivity contribution in [2.75, 3.05) is 12.5 Å². The Labute approximate surface area is 78.8 Å². The number of alkyl halides is 3. The Balaban J connectivity index is 2.84. The number of hydrogen-bond donors (Lipinski definition) is 2. The number of anilines is 1. The van der Waals surface area contributed by atoms with Crippen LogP contribution < -0.4 is 15.6 Å². The molecule has 0 heterocycles. The van der Waals surface area contributed by atoms with Gasteiger partial charge in [-0.05, 0) is 12.1 Å². The SMILES string of the molecule is CNNc1ccccc1OC(F)(F)F. The maximum absolute atomic E-state index is 11.9. The standard InChI is InChI=1S/C8H9F3N2O/c1-12-13-6-4-2-3-5-7(6)14-8(9,10)11/h2-5,12-13H,1H3. The molecular weight excluding hydrogens is 197 g/mol. The summed E-state index contributed by atoms with van der Waals surface area (Å²) in [6.45, 7) is 0. The third-order valence-corrected chi connectivity index (χ3v) is 1.37. The van der Waals surface area contributed by atoms with Gasteiger partial charge >= 0.3 is 6.36 Å². The minimum absolute atomic E-state index is 0.229. The quantitative estimate of drug-likeness (QED) is 0.743. The molecule has 0 fully saturated rings. The summed E-state index contributed by atoms with van der Waals surface area (Å²) in [6.07, 6.45) is -4.68. The van der Waals surface area contributed by atoms with Crippen LogP contribution >= 0.6 is 0 Å². The maximum Gasteiger partial charge on any atom is 0.573 e. The molecule has 0 aliphatic rings. The monoisotopic (exact) mass is 206 g/mol. The lowest BCUT2D eigenvalue weighted by atomic mass is 10.3. The smallest absolute Gasteiger partial charge is 0.404 e. The fourth-order valence-corrected chi connectivity index (χ4v) is 0.918. The van der Waals surface area contributed by atoms with Crippen LogP contribution in [0.25, 0.3) is 0 Å². The van der Waals surface area contributed by atoms with E-state index in [9.17, 15) is 13.2 Å². The highest BCUT2D eigenvalue weighted by Crippen LogP contribution is 2.29. The van der Waals surface area contributed by atoms with Gasteiger partial charge in [-0.15, -0.1) is 13.2 Å². The highest BCUT2D eigenvalue weighted by atomic mass is 19.4. The zero-order valence-electron chi connectivity index (χ0n) is 7.35. The van der Waals surface area contributed by atoms with Gasteiger partial charge in [0.05, 0.1) is 5.69 Å². The summed E-state index contributed by atoms with van der Waals surface area (Å²) >= 11 is 0. The predicted octanol–water partition coefficient (Wildman–Crippen LogP) is 2.13. The molecule has 0 aliphatic carbocycles. The molecule has 0 saturated carbocycles. The molecule has 0 aliphatic heterocycles. The number of para-hydroxylation sites is 2. The van der Waals surface area contributed by atoms with E-state index in [0.717, 1.165) is 0 Å². The lowest BCUT2D eigenvalue weighted by Gasteiger charge is -2.13. The fraction of sp³-hybridized carbons (Fsp3) is 0.250. The molecule has 6 heteroatoms. The number of rotatable bonds is 3. The van der Waals surface area contributed by atoms with E-state index in [1.54, 1.807) is 13.1 Å². The average Bonchev–Trinajstić information content (AvgIpc) is 2.06. The van der Waals surface area contributed by atoms with Gasteiger partial charge in [0, 0.05) is 7.05 Å². The van der Waals surface area contributed by atoms with Crippen molar-refractivity contribution in [1.29, 1.82) is 0 Å². The molecule has 0 spiro atoms. The molecule has 0 radical (unpaired) electrons. The first-order valence-corrected chi connectivity index (χ1v) is 3.80. The topological polar surface area (TPSA) is 33.3 Å². The molecule has 14 heavy (non-hydrogen) atoms. The summed E-state index contributed by atoms with van der Waals surface area (Å²) < 4.78 is 39.5. The van der Waals surface area contributed by atoms with Crippen molar-refractivity contribution in [3.63, 3.8) is 0 Å². The van der Waals surface area contributed by atoms with Gasteiger partial charge in [0.2, 0.25) is 0 Å². The van der Waals surface area contributed by atoms with Crippen LogP contribution in [0.4, 0.5) is 18.9 Å². The van der Waals surface area contributed by atoms with Crippen LogP contribution in [0.15, 0.2) is 24.3 Å². The van der Waals surface area contributed by atoms with Gasteiger partial charge in [-0.3, -0.25) is 0 Å². The first kappa shape index (κ1) is 10.6. The molecule has 0 bridgehead atoms. The fourth-order valence-electron chi connectivity index (χ4n) is 0.918. The van der Waals surface area contributed by atoms with Gasteiger partial charge in [-0.25, -0.2) is 5.43 Å². The summed E-state index contributed by atoms with van der Waals surface area (Å²) in [4.78, 5) is 0. The second-order valence-corrected chi connectivity index (χ2v) is 2.42. The molecule has 1 rings (SSSR count). The molecule has 0 aromatic heterocycles. The van der Waals surface area contributed by atoms with Crippen molar-refractivity contribution in [3.05, 3.63) is 24.3 Å². The second kappa shape index (κ2) is 4.19. The number of ether oxygens (including phenoxy) is 1. The van der Waals surface area contributed by atoms with Crippen molar-refractivity contribution < 1.29 is 17.9 Å². The molecule has 0 unspecified atom stereocenters. The first-order valence-electron chi connectivity index (χ1n) is 3.80. The lowest BCUT2D eigenvalue weighted by Crippen LogP contribution is -2.20. The van der Waals surface area contributed by atoms with Gasteiger partial charge in [0.1, 0.15) is 0 Å². The van der Waals surface area contributed by atoms with E-state index in [0.29, 0.717) is 0 Å². The normalized spacial score (nSPS) is 11.1. The first-order chi connectivity index (χ1) is 6.53. The molecule has 0 saturated heterocycles. The van der Waals surface area contributed by atoms with E-state index >= 15 is 0 Å².